The van der Waals surface area contributed by atoms with Crippen molar-refractivity contribution < 1.29 is 18.3 Å². The Morgan fingerprint density at radius 3 is 2.35 bits per heavy atom. The number of hydrogen-bond donors (Lipinski definition) is 1. The number of nitrogens with zero attached hydrogens (tertiary/aromatic N) is 1. The minimum absolute atomic E-state index is 0.0692. The van der Waals surface area contributed by atoms with Crippen LogP contribution in [-0.4, -0.2) is 37.4 Å². The van der Waals surface area contributed by atoms with E-state index in [1.54, 1.807) is 0 Å². The van der Waals surface area contributed by atoms with Crippen LogP contribution in [0.2, 0.25) is 5.02 Å². The van der Waals surface area contributed by atoms with Gasteiger partial charge in [0.15, 0.2) is 0 Å². The first-order valence-corrected chi connectivity index (χ1v) is 6.59. The van der Waals surface area contributed by atoms with Gasteiger partial charge in [0.2, 0.25) is 10.0 Å². The maximum Gasteiger partial charge on any atom is 0.304 e. The average Bonchev–Trinajstić information content (AvgIpc) is 2.26. The minimum atomic E-state index is -3.64. The zero-order valence-corrected chi connectivity index (χ0v) is 10.7. The number of aliphatic carboxylic acids is 1. The number of sulfonamides is 1. The van der Waals surface area contributed by atoms with Crippen molar-refractivity contribution in [1.82, 2.24) is 4.31 Å². The molecule has 0 spiro atoms. The van der Waals surface area contributed by atoms with Crippen LogP contribution in [0.15, 0.2) is 29.2 Å². The van der Waals surface area contributed by atoms with Crippen molar-refractivity contribution in [2.24, 2.45) is 0 Å². The summed E-state index contributed by atoms with van der Waals surface area (Å²) in [6, 6.07) is 5.71. The van der Waals surface area contributed by atoms with Gasteiger partial charge in [-0.3, -0.25) is 4.79 Å². The van der Waals surface area contributed by atoms with Crippen molar-refractivity contribution in [3.63, 3.8) is 0 Å². The highest BCUT2D eigenvalue weighted by Crippen LogP contribution is 2.17. The molecule has 1 rings (SSSR count). The van der Waals surface area contributed by atoms with Crippen LogP contribution in [0.1, 0.15) is 6.42 Å². The summed E-state index contributed by atoms with van der Waals surface area (Å²) in [5.74, 6) is -1.04. The second-order valence-electron chi connectivity index (χ2n) is 3.42. The van der Waals surface area contributed by atoms with E-state index in [0.29, 0.717) is 5.02 Å². The fraction of sp³-hybridized carbons (Fsp3) is 0.300. The molecule has 0 fully saturated rings. The maximum absolute atomic E-state index is 11.9. The van der Waals surface area contributed by atoms with Gasteiger partial charge in [-0.05, 0) is 24.3 Å². The van der Waals surface area contributed by atoms with E-state index < -0.39 is 16.0 Å². The van der Waals surface area contributed by atoms with Gasteiger partial charge in [0.25, 0.3) is 0 Å². The largest absolute Gasteiger partial charge is 0.481 e. The van der Waals surface area contributed by atoms with Gasteiger partial charge in [0, 0.05) is 18.6 Å². The lowest BCUT2D eigenvalue weighted by atomic mass is 10.4. The number of carboxylic acid groups (broad SMARTS) is 1. The summed E-state index contributed by atoms with van der Waals surface area (Å²) < 4.78 is 24.9. The fourth-order valence-corrected chi connectivity index (χ4v) is 2.46. The Hall–Kier alpha value is -1.11. The number of carboxylic acids is 1. The summed E-state index contributed by atoms with van der Waals surface area (Å²) in [7, 11) is -2.30. The molecule has 0 aliphatic carbocycles. The lowest BCUT2D eigenvalue weighted by Crippen LogP contribution is -2.29. The van der Waals surface area contributed by atoms with E-state index in [4.69, 9.17) is 16.7 Å². The molecule has 0 heterocycles. The van der Waals surface area contributed by atoms with Gasteiger partial charge in [-0.15, -0.1) is 0 Å². The van der Waals surface area contributed by atoms with Gasteiger partial charge in [-0.1, -0.05) is 11.6 Å². The van der Waals surface area contributed by atoms with E-state index >= 15 is 0 Å². The molecular weight excluding hydrogens is 266 g/mol. The van der Waals surface area contributed by atoms with Crippen LogP contribution in [-0.2, 0) is 14.8 Å². The topological polar surface area (TPSA) is 74.7 Å². The zero-order valence-electron chi connectivity index (χ0n) is 9.13. The summed E-state index contributed by atoms with van der Waals surface area (Å²) in [5.41, 5.74) is 0. The van der Waals surface area contributed by atoms with Gasteiger partial charge in [0.05, 0.1) is 11.3 Å². The van der Waals surface area contributed by atoms with Crippen molar-refractivity contribution >= 4 is 27.6 Å². The molecule has 0 aliphatic rings. The molecule has 0 bridgehead atoms. The second kappa shape index (κ2) is 5.48. The van der Waals surface area contributed by atoms with Gasteiger partial charge < -0.3 is 5.11 Å². The Kier molecular flexibility index (Phi) is 4.50. The Morgan fingerprint density at radius 1 is 1.35 bits per heavy atom. The molecule has 0 saturated heterocycles. The van der Waals surface area contributed by atoms with E-state index in [1.165, 1.54) is 31.3 Å². The molecular formula is C10H12ClNO4S. The summed E-state index contributed by atoms with van der Waals surface area (Å²) >= 11 is 5.66. The van der Waals surface area contributed by atoms with Crippen molar-refractivity contribution in [2.45, 2.75) is 11.3 Å². The van der Waals surface area contributed by atoms with Crippen LogP contribution in [0, 0.1) is 0 Å². The quantitative estimate of drug-likeness (QED) is 0.884. The monoisotopic (exact) mass is 277 g/mol. The molecule has 0 aromatic heterocycles. The van der Waals surface area contributed by atoms with Gasteiger partial charge in [-0.25, -0.2) is 12.7 Å². The standard InChI is InChI=1S/C10H12ClNO4S/c1-12(7-6-10(13)14)17(15,16)9-4-2-8(11)3-5-9/h2-5H,6-7H2,1H3,(H,13,14). The SMILES string of the molecule is CN(CCC(=O)O)S(=O)(=O)c1ccc(Cl)cc1. The molecule has 94 valence electrons. The molecule has 0 atom stereocenters. The molecule has 0 unspecified atom stereocenters. The first-order valence-electron chi connectivity index (χ1n) is 4.78. The summed E-state index contributed by atoms with van der Waals surface area (Å²) in [5, 5.41) is 8.94. The molecule has 17 heavy (non-hydrogen) atoms. The van der Waals surface area contributed by atoms with Gasteiger partial charge >= 0.3 is 5.97 Å². The molecule has 1 N–H and O–H groups in total. The fourth-order valence-electron chi connectivity index (χ4n) is 1.16. The third-order valence-electron chi connectivity index (χ3n) is 2.16. The number of halogens is 1. The Balaban J connectivity index is 2.87. The molecule has 7 heteroatoms. The van der Waals surface area contributed by atoms with E-state index in [1.807, 2.05) is 0 Å². The van der Waals surface area contributed by atoms with Crippen LogP contribution in [0.5, 0.6) is 0 Å². The zero-order chi connectivity index (χ0) is 13.1. The number of carbonyl (C=O) groups is 1. The second-order valence-corrected chi connectivity index (χ2v) is 5.91. The number of benzene rings is 1. The molecule has 0 amide bonds. The minimum Gasteiger partial charge on any atom is -0.481 e. The lowest BCUT2D eigenvalue weighted by Gasteiger charge is -2.16. The van der Waals surface area contributed by atoms with E-state index in [9.17, 15) is 13.2 Å². The van der Waals surface area contributed by atoms with Crippen LogP contribution in [0.4, 0.5) is 0 Å². The van der Waals surface area contributed by atoms with Crippen LogP contribution < -0.4 is 0 Å². The third-order valence-corrected chi connectivity index (χ3v) is 4.29. The molecule has 1 aromatic rings. The summed E-state index contributed by atoms with van der Waals surface area (Å²) in [6.07, 6.45) is -0.233. The van der Waals surface area contributed by atoms with E-state index in [2.05, 4.69) is 0 Å². The molecule has 0 saturated carbocycles. The summed E-state index contributed by atoms with van der Waals surface area (Å²) in [4.78, 5) is 10.5. The van der Waals surface area contributed by atoms with E-state index in [-0.39, 0.29) is 17.9 Å². The first kappa shape index (κ1) is 14.0. The Bertz CT molecular complexity index is 498. The van der Waals surface area contributed by atoms with Crippen LogP contribution in [0.25, 0.3) is 0 Å². The van der Waals surface area contributed by atoms with Gasteiger partial charge in [0.1, 0.15) is 0 Å². The average molecular weight is 278 g/mol. The highest BCUT2D eigenvalue weighted by Gasteiger charge is 2.20. The highest BCUT2D eigenvalue weighted by atomic mass is 35.5. The molecule has 0 radical (unpaired) electrons. The van der Waals surface area contributed by atoms with Crippen molar-refractivity contribution in [3.8, 4) is 0 Å². The normalized spacial score (nSPS) is 11.7. The predicted molar refractivity (Wildman–Crippen MR) is 63.5 cm³/mol. The maximum atomic E-state index is 11.9. The van der Waals surface area contributed by atoms with Crippen molar-refractivity contribution in [2.75, 3.05) is 13.6 Å². The third kappa shape index (κ3) is 3.69. The van der Waals surface area contributed by atoms with Crippen LogP contribution in [0.3, 0.4) is 0 Å². The van der Waals surface area contributed by atoms with Crippen molar-refractivity contribution in [1.29, 1.82) is 0 Å². The molecule has 5 nitrogen and oxygen atoms in total. The summed E-state index contributed by atoms with van der Waals surface area (Å²) in [6.45, 7) is -0.0692. The molecule has 0 aliphatic heterocycles. The first-order chi connectivity index (χ1) is 7.84. The van der Waals surface area contributed by atoms with E-state index in [0.717, 1.165) is 4.31 Å². The smallest absolute Gasteiger partial charge is 0.304 e. The molecule has 1 aromatic carbocycles. The van der Waals surface area contributed by atoms with Gasteiger partial charge in [-0.2, -0.15) is 0 Å². The highest BCUT2D eigenvalue weighted by molar-refractivity contribution is 7.89. The Morgan fingerprint density at radius 2 is 1.88 bits per heavy atom. The number of hydrogen-bond acceptors (Lipinski definition) is 3. The van der Waals surface area contributed by atoms with Crippen molar-refractivity contribution in [3.05, 3.63) is 29.3 Å². The van der Waals surface area contributed by atoms with Crippen LogP contribution >= 0.6 is 11.6 Å². The predicted octanol–water partition coefficient (Wildman–Crippen LogP) is 1.44. The Labute approximate surface area is 105 Å². The lowest BCUT2D eigenvalue weighted by molar-refractivity contribution is -0.137. The number of rotatable bonds is 5.